The van der Waals surface area contributed by atoms with Crippen molar-refractivity contribution in [3.8, 4) is 6.07 Å². The largest absolute Gasteiger partial charge is 0.433 e. The minimum atomic E-state index is -4.66. The molecule has 1 aromatic carbocycles. The van der Waals surface area contributed by atoms with Crippen molar-refractivity contribution in [1.82, 2.24) is 4.98 Å². The highest BCUT2D eigenvalue weighted by atomic mass is 35.5. The van der Waals surface area contributed by atoms with Crippen LogP contribution in [0, 0.1) is 17.1 Å². The quantitative estimate of drug-likeness (QED) is 0.812. The Morgan fingerprint density at radius 2 is 2.00 bits per heavy atom. The van der Waals surface area contributed by atoms with E-state index in [0.29, 0.717) is 6.07 Å². The van der Waals surface area contributed by atoms with Crippen LogP contribution in [-0.2, 0) is 6.18 Å². The first-order valence-corrected chi connectivity index (χ1v) is 6.95. The van der Waals surface area contributed by atoms with E-state index in [4.69, 9.17) is 16.9 Å². The van der Waals surface area contributed by atoms with Gasteiger partial charge in [-0.15, -0.1) is 0 Å². The van der Waals surface area contributed by atoms with E-state index in [0.717, 1.165) is 12.1 Å². The highest BCUT2D eigenvalue weighted by molar-refractivity contribution is 6.30. The van der Waals surface area contributed by atoms with Crippen molar-refractivity contribution < 1.29 is 22.7 Å². The number of aliphatic hydroxyl groups is 1. The Balaban J connectivity index is 2.18. The summed E-state index contributed by atoms with van der Waals surface area (Å²) in [5.41, 5.74) is -1.11. The molecule has 0 fully saturated rings. The number of alkyl halides is 3. The minimum Gasteiger partial charge on any atom is -0.387 e. The van der Waals surface area contributed by atoms with Crippen LogP contribution in [-0.4, -0.2) is 16.6 Å². The zero-order chi connectivity index (χ0) is 17.9. The summed E-state index contributed by atoms with van der Waals surface area (Å²) < 4.78 is 51.4. The summed E-state index contributed by atoms with van der Waals surface area (Å²) in [6, 6.07) is 7.01. The van der Waals surface area contributed by atoms with E-state index < -0.39 is 23.8 Å². The zero-order valence-corrected chi connectivity index (χ0v) is 12.7. The Bertz CT molecular complexity index is 789. The Kier molecular flexibility index (Phi) is 5.26. The van der Waals surface area contributed by atoms with Crippen LogP contribution in [0.3, 0.4) is 0 Å². The van der Waals surface area contributed by atoms with Crippen LogP contribution in [0.1, 0.15) is 22.9 Å². The Morgan fingerprint density at radius 3 is 2.58 bits per heavy atom. The number of anilines is 1. The van der Waals surface area contributed by atoms with Crippen LogP contribution in [0.15, 0.2) is 30.3 Å². The molecule has 2 N–H and O–H groups in total. The van der Waals surface area contributed by atoms with Crippen molar-refractivity contribution in [2.24, 2.45) is 0 Å². The lowest BCUT2D eigenvalue weighted by molar-refractivity contribution is -0.141. The summed E-state index contributed by atoms with van der Waals surface area (Å²) >= 11 is 5.53. The molecular formula is C15H10ClF4N3O. The highest BCUT2D eigenvalue weighted by Gasteiger charge is 2.33. The molecule has 0 saturated carbocycles. The summed E-state index contributed by atoms with van der Waals surface area (Å²) in [7, 11) is 0. The number of hydrogen-bond acceptors (Lipinski definition) is 4. The number of hydrogen-bond donors (Lipinski definition) is 2. The van der Waals surface area contributed by atoms with Gasteiger partial charge in [-0.1, -0.05) is 17.7 Å². The van der Waals surface area contributed by atoms with Crippen molar-refractivity contribution in [2.45, 2.75) is 12.3 Å². The molecule has 0 amide bonds. The van der Waals surface area contributed by atoms with E-state index in [-0.39, 0.29) is 28.5 Å². The molecule has 1 atom stereocenters. The summed E-state index contributed by atoms with van der Waals surface area (Å²) in [5.74, 6) is -1.05. The van der Waals surface area contributed by atoms with E-state index >= 15 is 0 Å². The summed E-state index contributed by atoms with van der Waals surface area (Å²) in [4.78, 5) is 3.35. The number of rotatable bonds is 4. The Labute approximate surface area is 139 Å². The van der Waals surface area contributed by atoms with E-state index in [1.54, 1.807) is 6.07 Å². The molecule has 2 aromatic rings. The van der Waals surface area contributed by atoms with Gasteiger partial charge in [0.15, 0.2) is 0 Å². The second-order valence-electron chi connectivity index (χ2n) is 4.77. The molecule has 0 radical (unpaired) electrons. The number of aliphatic hydroxyl groups excluding tert-OH is 1. The fraction of sp³-hybridized carbons (Fsp3) is 0.200. The van der Waals surface area contributed by atoms with Crippen molar-refractivity contribution in [1.29, 1.82) is 5.26 Å². The summed E-state index contributed by atoms with van der Waals surface area (Å²) in [6.07, 6.45) is -5.90. The number of nitriles is 1. The van der Waals surface area contributed by atoms with Crippen LogP contribution in [0.2, 0.25) is 5.02 Å². The van der Waals surface area contributed by atoms with Gasteiger partial charge in [0.25, 0.3) is 0 Å². The molecule has 9 heteroatoms. The van der Waals surface area contributed by atoms with Crippen molar-refractivity contribution in [2.75, 3.05) is 11.9 Å². The van der Waals surface area contributed by atoms with Gasteiger partial charge in [-0.25, -0.2) is 9.37 Å². The predicted molar refractivity (Wildman–Crippen MR) is 78.8 cm³/mol. The summed E-state index contributed by atoms with van der Waals surface area (Å²) in [6.45, 7) is -0.274. The first-order valence-electron chi connectivity index (χ1n) is 6.57. The maximum atomic E-state index is 13.4. The molecule has 1 aromatic heterocycles. The molecule has 126 valence electrons. The third-order valence-electron chi connectivity index (χ3n) is 3.10. The average molecular weight is 360 g/mol. The van der Waals surface area contributed by atoms with Gasteiger partial charge in [0.05, 0.1) is 16.7 Å². The normalized spacial score (nSPS) is 12.5. The van der Waals surface area contributed by atoms with E-state index in [9.17, 15) is 22.7 Å². The van der Waals surface area contributed by atoms with Gasteiger partial charge in [-0.05, 0) is 29.8 Å². The molecule has 0 aliphatic heterocycles. The highest BCUT2D eigenvalue weighted by Crippen LogP contribution is 2.29. The van der Waals surface area contributed by atoms with E-state index in [2.05, 4.69) is 10.3 Å². The van der Waals surface area contributed by atoms with Gasteiger partial charge in [0.2, 0.25) is 0 Å². The lowest BCUT2D eigenvalue weighted by atomic mass is 10.1. The zero-order valence-electron chi connectivity index (χ0n) is 11.9. The van der Waals surface area contributed by atoms with Crippen LogP contribution in [0.4, 0.5) is 23.4 Å². The maximum Gasteiger partial charge on any atom is 0.433 e. The van der Waals surface area contributed by atoms with Gasteiger partial charge < -0.3 is 10.4 Å². The van der Waals surface area contributed by atoms with Gasteiger partial charge in [-0.2, -0.15) is 18.4 Å². The fourth-order valence-corrected chi connectivity index (χ4v) is 1.99. The number of halogens is 5. The molecule has 0 spiro atoms. The predicted octanol–water partition coefficient (Wildman–Crippen LogP) is 3.91. The van der Waals surface area contributed by atoms with Crippen LogP contribution >= 0.6 is 11.6 Å². The third kappa shape index (κ3) is 4.13. The topological polar surface area (TPSA) is 68.9 Å². The first kappa shape index (κ1) is 18.0. The molecule has 0 aliphatic carbocycles. The molecule has 1 unspecified atom stereocenters. The third-order valence-corrected chi connectivity index (χ3v) is 3.40. The number of nitrogens with zero attached hydrogens (tertiary/aromatic N) is 2. The van der Waals surface area contributed by atoms with E-state index in [1.165, 1.54) is 12.1 Å². The smallest absolute Gasteiger partial charge is 0.387 e. The maximum absolute atomic E-state index is 13.4. The molecule has 0 saturated heterocycles. The number of nitrogens with one attached hydrogen (secondary N) is 1. The second-order valence-corrected chi connectivity index (χ2v) is 5.18. The van der Waals surface area contributed by atoms with Crippen LogP contribution in [0.5, 0.6) is 0 Å². The van der Waals surface area contributed by atoms with Crippen molar-refractivity contribution >= 4 is 17.4 Å². The minimum absolute atomic E-state index is 0.113. The van der Waals surface area contributed by atoms with Crippen molar-refractivity contribution in [3.63, 3.8) is 0 Å². The lowest BCUT2D eigenvalue weighted by Crippen LogP contribution is -2.16. The van der Waals surface area contributed by atoms with Gasteiger partial charge in [0, 0.05) is 6.54 Å². The number of pyridine rings is 1. The standard InChI is InChI=1S/C15H10ClF4N3O/c16-10-3-1-8(5-11(10)17)12(24)7-22-14-9(6-21)2-4-13(23-14)15(18,19)20/h1-5,12,24H,7H2,(H,22,23). The molecule has 0 bridgehead atoms. The average Bonchev–Trinajstić information content (AvgIpc) is 2.54. The Hall–Kier alpha value is -2.37. The molecule has 2 rings (SSSR count). The summed E-state index contributed by atoms with van der Waals surface area (Å²) in [5, 5.41) is 21.3. The van der Waals surface area contributed by atoms with Gasteiger partial charge in [-0.3, -0.25) is 0 Å². The van der Waals surface area contributed by atoms with Gasteiger partial charge in [0.1, 0.15) is 23.4 Å². The SMILES string of the molecule is N#Cc1ccc(C(F)(F)F)nc1NCC(O)c1ccc(Cl)c(F)c1. The number of aromatic nitrogens is 1. The molecular weight excluding hydrogens is 350 g/mol. The number of benzene rings is 1. The molecule has 4 nitrogen and oxygen atoms in total. The molecule has 1 heterocycles. The molecule has 0 aliphatic rings. The fourth-order valence-electron chi connectivity index (χ4n) is 1.87. The lowest BCUT2D eigenvalue weighted by Gasteiger charge is -2.15. The second kappa shape index (κ2) is 7.03. The Morgan fingerprint density at radius 1 is 1.29 bits per heavy atom. The van der Waals surface area contributed by atoms with E-state index in [1.807, 2.05) is 0 Å². The first-order chi connectivity index (χ1) is 11.2. The van der Waals surface area contributed by atoms with Crippen LogP contribution < -0.4 is 5.32 Å². The van der Waals surface area contributed by atoms with Crippen molar-refractivity contribution in [3.05, 3.63) is 58.0 Å². The molecule has 24 heavy (non-hydrogen) atoms. The monoisotopic (exact) mass is 359 g/mol. The van der Waals surface area contributed by atoms with Gasteiger partial charge >= 0.3 is 6.18 Å². The van der Waals surface area contributed by atoms with Crippen LogP contribution in [0.25, 0.3) is 0 Å².